The topological polar surface area (TPSA) is 108 Å². The zero-order valence-electron chi connectivity index (χ0n) is 26.9. The highest BCUT2D eigenvalue weighted by atomic mass is 35.5. The Bertz CT molecular complexity index is 1320. The number of phenolic OH excluding ortho intramolecular Hbond substituents is 1. The van der Waals surface area contributed by atoms with Crippen LogP contribution < -0.4 is 10.6 Å². The average Bonchev–Trinajstić information content (AvgIpc) is 3.53. The van der Waals surface area contributed by atoms with E-state index >= 15 is 0 Å². The molecule has 2 aromatic carbocycles. The number of phenols is 1. The summed E-state index contributed by atoms with van der Waals surface area (Å²) in [7, 11) is 0. The van der Waals surface area contributed by atoms with Crippen molar-refractivity contribution in [3.8, 4) is 5.75 Å². The molecule has 0 radical (unpaired) electrons. The van der Waals surface area contributed by atoms with Crippen molar-refractivity contribution in [1.29, 1.82) is 0 Å². The van der Waals surface area contributed by atoms with Gasteiger partial charge in [-0.25, -0.2) is 4.21 Å². The van der Waals surface area contributed by atoms with Crippen LogP contribution in [0.25, 0.3) is 0 Å². The molecule has 46 heavy (non-hydrogen) atoms. The number of unbranched alkanes of at least 4 members (excludes halogenated alkanes) is 8. The lowest BCUT2D eigenvalue weighted by Gasteiger charge is -2.24. The molecule has 0 aromatic heterocycles. The Balaban J connectivity index is 1.56. The summed E-state index contributed by atoms with van der Waals surface area (Å²) in [5.41, 5.74) is 0.465. The van der Waals surface area contributed by atoms with Gasteiger partial charge in [-0.1, -0.05) is 113 Å². The third-order valence-electron chi connectivity index (χ3n) is 8.31. The predicted molar refractivity (Wildman–Crippen MR) is 190 cm³/mol. The fourth-order valence-corrected chi connectivity index (χ4v) is 7.23. The molecule has 12 heteroatoms. The number of benzene rings is 2. The second-order valence-electron chi connectivity index (χ2n) is 12.0. The van der Waals surface area contributed by atoms with Crippen LogP contribution in [-0.4, -0.2) is 44.6 Å². The molecule has 1 aliphatic rings. The number of hydrogen-bond acceptors (Lipinski definition) is 5. The molecule has 1 fully saturated rings. The van der Waals surface area contributed by atoms with Gasteiger partial charge in [-0.2, -0.15) is 4.31 Å². The maximum Gasteiger partial charge on any atom is 0.255 e. The van der Waals surface area contributed by atoms with E-state index in [0.717, 1.165) is 25.7 Å². The SMILES string of the molecule is CCCCCCCCC(CCCCCC)COS(=O)N1CCCC1C(=O)Nc1cc(O)c(NC(=O)c2ccc(Cl)c(Cl)c2)cc1Cl. The molecular formula is C34H48Cl3N3O5S. The molecule has 3 atom stereocenters. The highest BCUT2D eigenvalue weighted by molar-refractivity contribution is 7.77. The van der Waals surface area contributed by atoms with Crippen LogP contribution in [0.3, 0.4) is 0 Å². The molecular weight excluding hydrogens is 669 g/mol. The van der Waals surface area contributed by atoms with Crippen molar-refractivity contribution < 1.29 is 23.1 Å². The Morgan fingerprint density at radius 1 is 0.891 bits per heavy atom. The van der Waals surface area contributed by atoms with E-state index in [9.17, 15) is 18.9 Å². The molecule has 3 unspecified atom stereocenters. The van der Waals surface area contributed by atoms with E-state index in [1.165, 1.54) is 81.7 Å². The van der Waals surface area contributed by atoms with Gasteiger partial charge in [0, 0.05) is 18.2 Å². The van der Waals surface area contributed by atoms with Gasteiger partial charge in [0.2, 0.25) is 17.2 Å². The summed E-state index contributed by atoms with van der Waals surface area (Å²) < 4.78 is 20.8. The molecule has 1 aliphatic heterocycles. The van der Waals surface area contributed by atoms with Gasteiger partial charge in [-0.15, -0.1) is 0 Å². The molecule has 256 valence electrons. The molecule has 0 bridgehead atoms. The van der Waals surface area contributed by atoms with Gasteiger partial charge >= 0.3 is 0 Å². The van der Waals surface area contributed by atoms with Crippen molar-refractivity contribution in [1.82, 2.24) is 4.31 Å². The number of anilines is 2. The van der Waals surface area contributed by atoms with Crippen LogP contribution in [-0.2, 0) is 20.2 Å². The van der Waals surface area contributed by atoms with Crippen LogP contribution in [0.15, 0.2) is 30.3 Å². The summed E-state index contributed by atoms with van der Waals surface area (Å²) >= 11 is 16.6. The summed E-state index contributed by atoms with van der Waals surface area (Å²) in [5.74, 6) is -0.870. The highest BCUT2D eigenvalue weighted by Gasteiger charge is 2.36. The van der Waals surface area contributed by atoms with Crippen LogP contribution in [0, 0.1) is 5.92 Å². The smallest absolute Gasteiger partial charge is 0.255 e. The largest absolute Gasteiger partial charge is 0.506 e. The fourth-order valence-electron chi connectivity index (χ4n) is 5.59. The minimum Gasteiger partial charge on any atom is -0.506 e. The van der Waals surface area contributed by atoms with Gasteiger partial charge in [0.05, 0.1) is 33.0 Å². The highest BCUT2D eigenvalue weighted by Crippen LogP contribution is 2.35. The van der Waals surface area contributed by atoms with Crippen molar-refractivity contribution in [2.75, 3.05) is 23.8 Å². The number of halogens is 3. The molecule has 0 spiro atoms. The lowest BCUT2D eigenvalue weighted by molar-refractivity contribution is -0.119. The first-order valence-corrected chi connectivity index (χ1v) is 18.7. The maximum absolute atomic E-state index is 13.3. The Morgan fingerprint density at radius 3 is 2.22 bits per heavy atom. The van der Waals surface area contributed by atoms with Crippen molar-refractivity contribution >= 4 is 69.3 Å². The number of carbonyl (C=O) groups is 2. The number of nitrogens with zero attached hydrogens (tertiary/aromatic N) is 1. The van der Waals surface area contributed by atoms with Gasteiger partial charge in [0.1, 0.15) is 11.8 Å². The van der Waals surface area contributed by atoms with Crippen molar-refractivity contribution in [2.45, 2.75) is 110 Å². The van der Waals surface area contributed by atoms with E-state index < -0.39 is 29.1 Å². The van der Waals surface area contributed by atoms with E-state index in [-0.39, 0.29) is 32.7 Å². The lowest BCUT2D eigenvalue weighted by Crippen LogP contribution is -2.41. The van der Waals surface area contributed by atoms with Crippen LogP contribution in [0.2, 0.25) is 15.1 Å². The van der Waals surface area contributed by atoms with Crippen LogP contribution in [0.5, 0.6) is 5.75 Å². The van der Waals surface area contributed by atoms with Gasteiger partial charge in [-0.05, 0) is 55.9 Å². The standard InChI is InChI=1S/C34H48Cl3N3O5S/c1-3-5-7-9-10-12-15-24(14-11-8-6-4-2)23-45-46(44)40-19-13-16-31(40)34(43)38-29-22-32(41)30(21-28(29)37)39-33(42)25-17-18-26(35)27(36)20-25/h17-18,20-22,24,31,41H,3-16,19,23H2,1-2H3,(H,38,43)(H,39,42). The first-order chi connectivity index (χ1) is 22.1. The average molecular weight is 717 g/mol. The molecule has 3 N–H and O–H groups in total. The van der Waals surface area contributed by atoms with Gasteiger partial charge < -0.3 is 15.7 Å². The second kappa shape index (κ2) is 20.5. The lowest BCUT2D eigenvalue weighted by atomic mass is 9.95. The first kappa shape index (κ1) is 38.6. The zero-order valence-corrected chi connectivity index (χ0v) is 30.0. The van der Waals surface area contributed by atoms with Crippen LogP contribution in [0.4, 0.5) is 11.4 Å². The Kier molecular flexibility index (Phi) is 17.2. The van der Waals surface area contributed by atoms with E-state index in [4.69, 9.17) is 39.0 Å². The van der Waals surface area contributed by atoms with Crippen molar-refractivity contribution in [2.24, 2.45) is 5.92 Å². The molecule has 1 heterocycles. The van der Waals surface area contributed by atoms with Gasteiger partial charge in [0.25, 0.3) is 5.91 Å². The van der Waals surface area contributed by atoms with E-state index in [2.05, 4.69) is 24.5 Å². The fraction of sp³-hybridized carbons (Fsp3) is 0.588. The quantitative estimate of drug-likeness (QED) is 0.0934. The predicted octanol–water partition coefficient (Wildman–Crippen LogP) is 9.94. The monoisotopic (exact) mass is 715 g/mol. The molecule has 8 nitrogen and oxygen atoms in total. The maximum atomic E-state index is 13.3. The summed E-state index contributed by atoms with van der Waals surface area (Å²) in [4.78, 5) is 26.0. The molecule has 0 aliphatic carbocycles. The summed E-state index contributed by atoms with van der Waals surface area (Å²) in [5, 5.41) is 16.6. The number of carbonyl (C=O) groups excluding carboxylic acids is 2. The number of aromatic hydroxyl groups is 1. The first-order valence-electron chi connectivity index (χ1n) is 16.6. The minimum atomic E-state index is -1.76. The summed E-state index contributed by atoms with van der Waals surface area (Å²) in [6, 6.07) is 6.36. The zero-order chi connectivity index (χ0) is 33.5. The van der Waals surface area contributed by atoms with E-state index in [0.29, 0.717) is 36.9 Å². The number of amides is 2. The van der Waals surface area contributed by atoms with E-state index in [1.54, 1.807) is 4.31 Å². The molecule has 2 aromatic rings. The van der Waals surface area contributed by atoms with Crippen molar-refractivity contribution in [3.63, 3.8) is 0 Å². The third-order valence-corrected chi connectivity index (χ3v) is 10.5. The van der Waals surface area contributed by atoms with Gasteiger partial charge in [-0.3, -0.25) is 13.8 Å². The minimum absolute atomic E-state index is 0.0567. The second-order valence-corrected chi connectivity index (χ2v) is 14.4. The molecule has 3 rings (SSSR count). The normalized spacial score (nSPS) is 16.3. The number of rotatable bonds is 20. The number of nitrogens with one attached hydrogen (secondary N) is 2. The van der Waals surface area contributed by atoms with Crippen molar-refractivity contribution in [3.05, 3.63) is 51.0 Å². The Labute approximate surface area is 291 Å². The number of hydrogen-bond donors (Lipinski definition) is 3. The van der Waals surface area contributed by atoms with Gasteiger partial charge in [0.15, 0.2) is 0 Å². The van der Waals surface area contributed by atoms with E-state index in [1.807, 2.05) is 0 Å². The summed E-state index contributed by atoms with van der Waals surface area (Å²) in [6.45, 7) is 5.31. The third kappa shape index (κ3) is 12.3. The summed E-state index contributed by atoms with van der Waals surface area (Å²) in [6.07, 6.45) is 15.5. The Morgan fingerprint density at radius 2 is 1.54 bits per heavy atom. The molecule has 0 saturated carbocycles. The Hall–Kier alpha value is -1.88. The van der Waals surface area contributed by atoms with Crippen LogP contribution >= 0.6 is 34.8 Å². The molecule has 1 saturated heterocycles. The van der Waals surface area contributed by atoms with Crippen LogP contribution in [0.1, 0.15) is 114 Å². The molecule has 2 amide bonds.